The number of aliphatic hydroxyl groups excluding tert-OH is 1. The van der Waals surface area contributed by atoms with E-state index >= 15 is 0 Å². The van der Waals surface area contributed by atoms with Gasteiger partial charge in [-0.05, 0) is 12.2 Å². The molecule has 0 bridgehead atoms. The Morgan fingerprint density at radius 1 is 1.31 bits per heavy atom. The van der Waals surface area contributed by atoms with Gasteiger partial charge in [-0.15, -0.1) is 0 Å². The van der Waals surface area contributed by atoms with Crippen molar-refractivity contribution in [3.8, 4) is 0 Å². The van der Waals surface area contributed by atoms with E-state index in [1.54, 1.807) is 0 Å². The second-order valence-electron chi connectivity index (χ2n) is 3.78. The number of hydrogen-bond donors (Lipinski definition) is 2. The first-order chi connectivity index (χ1) is 6.38. The van der Waals surface area contributed by atoms with Gasteiger partial charge in [0, 0.05) is 38.0 Å². The number of nitrogens with zero attached hydrogens (tertiary/aromatic N) is 1. The van der Waals surface area contributed by atoms with E-state index < -0.39 is 0 Å². The normalized spacial score (nSPS) is 37.6. The van der Waals surface area contributed by atoms with E-state index in [4.69, 9.17) is 0 Å². The highest BCUT2D eigenvalue weighted by Crippen LogP contribution is 2.22. The molecule has 0 spiro atoms. The fourth-order valence-corrected chi connectivity index (χ4v) is 3.32. The first-order valence-electron chi connectivity index (χ1n) is 5.08. The van der Waals surface area contributed by atoms with Gasteiger partial charge < -0.3 is 10.4 Å². The van der Waals surface area contributed by atoms with Crippen molar-refractivity contribution in [3.05, 3.63) is 0 Å². The molecule has 0 aromatic rings. The van der Waals surface area contributed by atoms with Gasteiger partial charge in [-0.2, -0.15) is 11.8 Å². The Bertz CT molecular complexity index is 162. The SMILES string of the molecule is OC1CCSCC1N1CCNCC1. The fourth-order valence-electron chi connectivity index (χ4n) is 2.07. The number of thioether (sulfide) groups is 1. The molecular formula is C9H18N2OS. The third kappa shape index (κ3) is 2.37. The van der Waals surface area contributed by atoms with E-state index in [0.717, 1.165) is 44.1 Å². The van der Waals surface area contributed by atoms with Crippen molar-refractivity contribution < 1.29 is 5.11 Å². The Morgan fingerprint density at radius 2 is 2.08 bits per heavy atom. The zero-order valence-electron chi connectivity index (χ0n) is 7.91. The van der Waals surface area contributed by atoms with Crippen LogP contribution in [0.25, 0.3) is 0 Å². The van der Waals surface area contributed by atoms with E-state index in [1.807, 2.05) is 11.8 Å². The molecule has 3 nitrogen and oxygen atoms in total. The predicted molar refractivity (Wildman–Crippen MR) is 56.2 cm³/mol. The molecule has 2 rings (SSSR count). The van der Waals surface area contributed by atoms with E-state index in [1.165, 1.54) is 0 Å². The number of nitrogens with one attached hydrogen (secondary N) is 1. The molecule has 76 valence electrons. The van der Waals surface area contributed by atoms with Crippen molar-refractivity contribution >= 4 is 11.8 Å². The number of hydrogen-bond acceptors (Lipinski definition) is 4. The summed E-state index contributed by atoms with van der Waals surface area (Å²) in [4.78, 5) is 2.44. The first kappa shape index (κ1) is 9.77. The average molecular weight is 202 g/mol. The third-order valence-electron chi connectivity index (χ3n) is 2.91. The summed E-state index contributed by atoms with van der Waals surface area (Å²) in [5.41, 5.74) is 0. The third-order valence-corrected chi connectivity index (χ3v) is 4.01. The van der Waals surface area contributed by atoms with E-state index in [0.29, 0.717) is 6.04 Å². The summed E-state index contributed by atoms with van der Waals surface area (Å²) in [6.45, 7) is 4.35. The molecule has 2 saturated heterocycles. The summed E-state index contributed by atoms with van der Waals surface area (Å²) < 4.78 is 0. The first-order valence-corrected chi connectivity index (χ1v) is 6.24. The molecule has 2 aliphatic heterocycles. The molecule has 2 N–H and O–H groups in total. The minimum Gasteiger partial charge on any atom is -0.391 e. The van der Waals surface area contributed by atoms with E-state index in [9.17, 15) is 5.11 Å². The Balaban J connectivity index is 1.88. The lowest BCUT2D eigenvalue weighted by Gasteiger charge is -2.39. The van der Waals surface area contributed by atoms with Crippen LogP contribution in [0.5, 0.6) is 0 Å². The minimum absolute atomic E-state index is 0.0839. The molecule has 2 unspecified atom stereocenters. The van der Waals surface area contributed by atoms with E-state index in [-0.39, 0.29) is 6.10 Å². The molecule has 4 heteroatoms. The van der Waals surface area contributed by atoms with Gasteiger partial charge >= 0.3 is 0 Å². The summed E-state index contributed by atoms with van der Waals surface area (Å²) in [5, 5.41) is 13.2. The summed E-state index contributed by atoms with van der Waals surface area (Å²) in [6, 6.07) is 0.417. The maximum Gasteiger partial charge on any atom is 0.0711 e. The Morgan fingerprint density at radius 3 is 2.77 bits per heavy atom. The van der Waals surface area contributed by atoms with Gasteiger partial charge in [0.1, 0.15) is 0 Å². The molecular weight excluding hydrogens is 184 g/mol. The van der Waals surface area contributed by atoms with Gasteiger partial charge in [0.25, 0.3) is 0 Å². The Kier molecular flexibility index (Phi) is 3.49. The van der Waals surface area contributed by atoms with Crippen molar-refractivity contribution in [2.24, 2.45) is 0 Å². The van der Waals surface area contributed by atoms with E-state index in [2.05, 4.69) is 10.2 Å². The highest BCUT2D eigenvalue weighted by Gasteiger charge is 2.29. The fraction of sp³-hybridized carbons (Fsp3) is 1.00. The van der Waals surface area contributed by atoms with Gasteiger partial charge in [0.15, 0.2) is 0 Å². The van der Waals surface area contributed by atoms with Crippen LogP contribution >= 0.6 is 11.8 Å². The summed E-state index contributed by atoms with van der Waals surface area (Å²) in [5.74, 6) is 2.24. The number of piperazine rings is 1. The Labute approximate surface area is 83.9 Å². The number of aliphatic hydroxyl groups is 1. The van der Waals surface area contributed by atoms with Crippen LogP contribution in [-0.4, -0.2) is 59.8 Å². The highest BCUT2D eigenvalue weighted by atomic mass is 32.2. The second-order valence-corrected chi connectivity index (χ2v) is 4.93. The highest BCUT2D eigenvalue weighted by molar-refractivity contribution is 7.99. The largest absolute Gasteiger partial charge is 0.391 e. The van der Waals surface area contributed by atoms with Crippen LogP contribution in [0.2, 0.25) is 0 Å². The standard InChI is InChI=1S/C9H18N2OS/c12-9-1-6-13-7-8(9)11-4-2-10-3-5-11/h8-10,12H,1-7H2. The zero-order valence-corrected chi connectivity index (χ0v) is 8.72. The monoisotopic (exact) mass is 202 g/mol. The molecule has 0 aromatic heterocycles. The lowest BCUT2D eigenvalue weighted by atomic mass is 10.1. The molecule has 2 aliphatic rings. The molecule has 2 atom stereocenters. The van der Waals surface area contributed by atoms with Crippen molar-refractivity contribution in [1.29, 1.82) is 0 Å². The van der Waals surface area contributed by atoms with Crippen LogP contribution in [0.4, 0.5) is 0 Å². The minimum atomic E-state index is -0.0839. The summed E-state index contributed by atoms with van der Waals surface area (Å²) >= 11 is 1.98. The molecule has 0 amide bonds. The van der Waals surface area contributed by atoms with Crippen LogP contribution in [0.15, 0.2) is 0 Å². The van der Waals surface area contributed by atoms with Gasteiger partial charge in [0.2, 0.25) is 0 Å². The molecule has 0 aliphatic carbocycles. The van der Waals surface area contributed by atoms with Crippen LogP contribution in [0, 0.1) is 0 Å². The molecule has 0 aromatic carbocycles. The van der Waals surface area contributed by atoms with Crippen LogP contribution in [-0.2, 0) is 0 Å². The van der Waals surface area contributed by atoms with Gasteiger partial charge in [-0.25, -0.2) is 0 Å². The maximum atomic E-state index is 9.85. The lowest BCUT2D eigenvalue weighted by Crippen LogP contribution is -2.54. The predicted octanol–water partition coefficient (Wildman–Crippen LogP) is -0.242. The smallest absolute Gasteiger partial charge is 0.0711 e. The van der Waals surface area contributed by atoms with Crippen molar-refractivity contribution in [1.82, 2.24) is 10.2 Å². The maximum absolute atomic E-state index is 9.85. The van der Waals surface area contributed by atoms with Crippen LogP contribution < -0.4 is 5.32 Å². The van der Waals surface area contributed by atoms with Crippen LogP contribution in [0.3, 0.4) is 0 Å². The van der Waals surface area contributed by atoms with Gasteiger partial charge in [0.05, 0.1) is 6.10 Å². The quantitative estimate of drug-likeness (QED) is 0.615. The molecule has 0 radical (unpaired) electrons. The lowest BCUT2D eigenvalue weighted by molar-refractivity contribution is 0.0496. The topological polar surface area (TPSA) is 35.5 Å². The van der Waals surface area contributed by atoms with Gasteiger partial charge in [-0.3, -0.25) is 4.90 Å². The summed E-state index contributed by atoms with van der Waals surface area (Å²) in [6.07, 6.45) is 0.888. The molecule has 2 heterocycles. The van der Waals surface area contributed by atoms with Crippen molar-refractivity contribution in [2.75, 3.05) is 37.7 Å². The Hall–Kier alpha value is 0.230. The number of rotatable bonds is 1. The summed E-state index contributed by atoms with van der Waals surface area (Å²) in [7, 11) is 0. The van der Waals surface area contributed by atoms with Crippen LogP contribution in [0.1, 0.15) is 6.42 Å². The van der Waals surface area contributed by atoms with Crippen molar-refractivity contribution in [3.63, 3.8) is 0 Å². The second kappa shape index (κ2) is 4.64. The molecule has 0 saturated carbocycles. The zero-order chi connectivity index (χ0) is 9.10. The molecule has 2 fully saturated rings. The van der Waals surface area contributed by atoms with Crippen molar-refractivity contribution in [2.45, 2.75) is 18.6 Å². The van der Waals surface area contributed by atoms with Gasteiger partial charge in [-0.1, -0.05) is 0 Å². The molecule has 13 heavy (non-hydrogen) atoms. The average Bonchev–Trinajstić information content (AvgIpc) is 2.20.